The normalized spacial score (nSPS) is 10.9. The molecule has 2 aromatic carbocycles. The number of nitrogens with zero attached hydrogens (tertiary/aromatic N) is 1. The van der Waals surface area contributed by atoms with Crippen molar-refractivity contribution in [1.29, 1.82) is 0 Å². The number of rotatable bonds is 2. The summed E-state index contributed by atoms with van der Waals surface area (Å²) in [6.45, 7) is 0. The van der Waals surface area contributed by atoms with Crippen LogP contribution in [0.25, 0.3) is 16.7 Å². The van der Waals surface area contributed by atoms with Crippen LogP contribution in [0.15, 0.2) is 40.9 Å². The third-order valence-electron chi connectivity index (χ3n) is 3.05. The fourth-order valence-corrected chi connectivity index (χ4v) is 2.89. The molecule has 0 amide bonds. The van der Waals surface area contributed by atoms with Crippen LogP contribution in [-0.4, -0.2) is 16.7 Å². The van der Waals surface area contributed by atoms with Crippen LogP contribution >= 0.6 is 28.1 Å². The zero-order valence-corrected chi connectivity index (χ0v) is 12.9. The van der Waals surface area contributed by atoms with Crippen molar-refractivity contribution < 1.29 is 9.13 Å². The number of ether oxygens (including phenoxy) is 1. The number of hydrogen-bond acceptors (Lipinski definition) is 2. The van der Waals surface area contributed by atoms with Gasteiger partial charge >= 0.3 is 0 Å². The van der Waals surface area contributed by atoms with Crippen LogP contribution in [0.1, 0.15) is 0 Å². The third kappa shape index (κ3) is 2.05. The van der Waals surface area contributed by atoms with E-state index in [0.29, 0.717) is 16.2 Å². The molecular weight excluding hydrogens is 343 g/mol. The molecule has 0 bridgehead atoms. The lowest BCUT2D eigenvalue weighted by molar-refractivity contribution is 0.419. The molecule has 0 atom stereocenters. The van der Waals surface area contributed by atoms with Gasteiger partial charge in [0, 0.05) is 4.47 Å². The van der Waals surface area contributed by atoms with Crippen molar-refractivity contribution in [1.82, 2.24) is 9.55 Å². The first-order valence-corrected chi connectivity index (χ1v) is 7.05. The molecule has 3 rings (SSSR count). The zero-order valence-electron chi connectivity index (χ0n) is 10.5. The Morgan fingerprint density at radius 2 is 2.10 bits per heavy atom. The number of methoxy groups -OCH3 is 1. The molecule has 0 fully saturated rings. The van der Waals surface area contributed by atoms with E-state index in [1.54, 1.807) is 17.7 Å². The van der Waals surface area contributed by atoms with Crippen molar-refractivity contribution in [3.63, 3.8) is 0 Å². The summed E-state index contributed by atoms with van der Waals surface area (Å²) in [6, 6.07) is 10.1. The first-order chi connectivity index (χ1) is 9.61. The van der Waals surface area contributed by atoms with Gasteiger partial charge in [-0.3, -0.25) is 4.57 Å². The fraction of sp³-hybridized carbons (Fsp3) is 0.0714. The Labute approximate surface area is 128 Å². The van der Waals surface area contributed by atoms with E-state index in [4.69, 9.17) is 17.0 Å². The topological polar surface area (TPSA) is 29.9 Å². The van der Waals surface area contributed by atoms with Crippen LogP contribution in [0.3, 0.4) is 0 Å². The summed E-state index contributed by atoms with van der Waals surface area (Å²) in [5.41, 5.74) is 2.27. The summed E-state index contributed by atoms with van der Waals surface area (Å²) in [4.78, 5) is 3.10. The highest BCUT2D eigenvalue weighted by molar-refractivity contribution is 9.10. The molecule has 0 unspecified atom stereocenters. The van der Waals surface area contributed by atoms with E-state index < -0.39 is 0 Å². The number of fused-ring (bicyclic) bond motifs is 1. The second-order valence-corrected chi connectivity index (χ2v) is 5.46. The molecular formula is C14H10BrFN2OS. The van der Waals surface area contributed by atoms with E-state index in [0.717, 1.165) is 15.5 Å². The van der Waals surface area contributed by atoms with Crippen LogP contribution in [0.2, 0.25) is 0 Å². The van der Waals surface area contributed by atoms with Gasteiger partial charge in [0.2, 0.25) is 0 Å². The summed E-state index contributed by atoms with van der Waals surface area (Å²) in [6.07, 6.45) is 0. The van der Waals surface area contributed by atoms with Gasteiger partial charge in [-0.15, -0.1) is 0 Å². The minimum atomic E-state index is -0.317. The maximum atomic E-state index is 13.5. The number of nitrogens with one attached hydrogen (secondary N) is 1. The molecule has 0 aliphatic rings. The van der Waals surface area contributed by atoms with Crippen molar-refractivity contribution in [2.24, 2.45) is 0 Å². The first kappa shape index (κ1) is 13.3. The van der Waals surface area contributed by atoms with Gasteiger partial charge in [-0.1, -0.05) is 6.07 Å². The van der Waals surface area contributed by atoms with Gasteiger partial charge < -0.3 is 9.72 Å². The summed E-state index contributed by atoms with van der Waals surface area (Å²) in [5, 5.41) is 0. The van der Waals surface area contributed by atoms with Gasteiger partial charge in [0.1, 0.15) is 17.1 Å². The molecule has 6 heteroatoms. The Hall–Kier alpha value is -1.66. The number of imidazole rings is 1. The average Bonchev–Trinajstić information content (AvgIpc) is 2.77. The third-order valence-corrected chi connectivity index (χ3v) is 4.00. The van der Waals surface area contributed by atoms with Crippen LogP contribution < -0.4 is 4.74 Å². The highest BCUT2D eigenvalue weighted by atomic mass is 79.9. The van der Waals surface area contributed by atoms with Crippen LogP contribution in [0.4, 0.5) is 4.39 Å². The minimum absolute atomic E-state index is 0.317. The van der Waals surface area contributed by atoms with E-state index in [9.17, 15) is 4.39 Å². The van der Waals surface area contributed by atoms with E-state index in [2.05, 4.69) is 20.9 Å². The van der Waals surface area contributed by atoms with Gasteiger partial charge in [0.15, 0.2) is 4.77 Å². The van der Waals surface area contributed by atoms with Gasteiger partial charge in [-0.05, 0) is 58.5 Å². The second kappa shape index (κ2) is 5.03. The lowest BCUT2D eigenvalue weighted by atomic mass is 10.2. The molecule has 102 valence electrons. The summed E-state index contributed by atoms with van der Waals surface area (Å²) in [5.74, 6) is 0.377. The Balaban J connectivity index is 2.40. The second-order valence-electron chi connectivity index (χ2n) is 4.22. The van der Waals surface area contributed by atoms with Gasteiger partial charge in [0.25, 0.3) is 0 Å². The number of halogens is 2. The first-order valence-electron chi connectivity index (χ1n) is 5.85. The Morgan fingerprint density at radius 3 is 2.85 bits per heavy atom. The molecule has 1 heterocycles. The molecule has 0 radical (unpaired) electrons. The quantitative estimate of drug-likeness (QED) is 0.683. The van der Waals surface area contributed by atoms with Crippen molar-refractivity contribution in [3.05, 3.63) is 51.5 Å². The van der Waals surface area contributed by atoms with Gasteiger partial charge in [-0.25, -0.2) is 4.39 Å². The Morgan fingerprint density at radius 1 is 1.30 bits per heavy atom. The molecule has 0 saturated heterocycles. The minimum Gasteiger partial charge on any atom is -0.494 e. The highest BCUT2D eigenvalue weighted by Crippen LogP contribution is 2.30. The average molecular weight is 353 g/mol. The molecule has 1 aromatic heterocycles. The predicted octanol–water partition coefficient (Wildman–Crippen LogP) is 4.60. The lowest BCUT2D eigenvalue weighted by Crippen LogP contribution is -1.96. The van der Waals surface area contributed by atoms with E-state index in [1.165, 1.54) is 12.1 Å². The number of hydrogen-bond donors (Lipinski definition) is 1. The maximum Gasteiger partial charge on any atom is 0.182 e. The zero-order chi connectivity index (χ0) is 14.3. The molecule has 3 nitrogen and oxygen atoms in total. The SMILES string of the molecule is COc1cccc2c1[nH]c(=S)n2-c1cc(F)ccc1Br. The molecule has 0 saturated carbocycles. The summed E-state index contributed by atoms with van der Waals surface area (Å²) in [7, 11) is 1.60. The molecule has 20 heavy (non-hydrogen) atoms. The van der Waals surface area contributed by atoms with Crippen molar-refractivity contribution in [2.75, 3.05) is 7.11 Å². The molecule has 3 aromatic rings. The van der Waals surface area contributed by atoms with Gasteiger partial charge in [0.05, 0.1) is 18.3 Å². The standard InChI is InChI=1S/C14H10BrFN2OS/c1-19-12-4-2-3-10-13(12)17-14(20)18(10)11-7-8(16)5-6-9(11)15/h2-7H,1H3,(H,17,20). The summed E-state index contributed by atoms with van der Waals surface area (Å²) < 4.78 is 21.8. The highest BCUT2D eigenvalue weighted by Gasteiger charge is 2.12. The van der Waals surface area contributed by atoms with Gasteiger partial charge in [-0.2, -0.15) is 0 Å². The van der Waals surface area contributed by atoms with Crippen molar-refractivity contribution in [2.45, 2.75) is 0 Å². The number of aromatic amines is 1. The Kier molecular flexibility index (Phi) is 3.35. The molecule has 0 aliphatic heterocycles. The maximum absolute atomic E-state index is 13.5. The number of aromatic nitrogens is 2. The number of H-pyrrole nitrogens is 1. The largest absolute Gasteiger partial charge is 0.494 e. The predicted molar refractivity (Wildman–Crippen MR) is 82.7 cm³/mol. The Bertz CT molecular complexity index is 856. The van der Waals surface area contributed by atoms with Crippen LogP contribution in [0.5, 0.6) is 5.75 Å². The van der Waals surface area contributed by atoms with Crippen molar-refractivity contribution in [3.8, 4) is 11.4 Å². The summed E-state index contributed by atoms with van der Waals surface area (Å²) >= 11 is 8.78. The number of benzene rings is 2. The van der Waals surface area contributed by atoms with Crippen LogP contribution in [0, 0.1) is 10.6 Å². The van der Waals surface area contributed by atoms with Crippen LogP contribution in [-0.2, 0) is 0 Å². The van der Waals surface area contributed by atoms with E-state index in [1.807, 2.05) is 18.2 Å². The van der Waals surface area contributed by atoms with Crippen molar-refractivity contribution >= 4 is 39.2 Å². The van der Waals surface area contributed by atoms with E-state index in [-0.39, 0.29) is 5.82 Å². The fourth-order valence-electron chi connectivity index (χ4n) is 2.17. The number of para-hydroxylation sites is 1. The molecule has 0 aliphatic carbocycles. The molecule has 0 spiro atoms. The smallest absolute Gasteiger partial charge is 0.182 e. The monoisotopic (exact) mass is 352 g/mol. The van der Waals surface area contributed by atoms with E-state index >= 15 is 0 Å². The molecule has 1 N–H and O–H groups in total. The lowest BCUT2D eigenvalue weighted by Gasteiger charge is -2.08.